The van der Waals surface area contributed by atoms with E-state index in [1.165, 1.54) is 0 Å². The molecule has 0 fully saturated rings. The minimum Gasteiger partial charge on any atom is -0.481 e. The van der Waals surface area contributed by atoms with Gasteiger partial charge in [-0.1, -0.05) is 20.8 Å². The quantitative estimate of drug-likeness (QED) is 0.924. The molecular formula is C15H24N2O3. The Hall–Kier alpha value is -1.65. The number of hydrogen-bond acceptors (Lipinski definition) is 3. The molecule has 2 atom stereocenters. The number of aliphatic carboxylic acids is 1. The van der Waals surface area contributed by atoms with Crippen LogP contribution < -0.4 is 5.69 Å². The van der Waals surface area contributed by atoms with Crippen molar-refractivity contribution in [1.29, 1.82) is 0 Å². The number of nitrogens with zero attached hydrogens (tertiary/aromatic N) is 2. The van der Waals surface area contributed by atoms with Crippen LogP contribution in [0.1, 0.15) is 63.5 Å². The maximum Gasteiger partial charge on any atom is 0.348 e. The Morgan fingerprint density at radius 2 is 1.75 bits per heavy atom. The molecule has 20 heavy (non-hydrogen) atoms. The molecule has 1 aromatic heterocycles. The lowest BCUT2D eigenvalue weighted by atomic mass is 9.87. The highest BCUT2D eigenvalue weighted by Crippen LogP contribution is 2.31. The summed E-state index contributed by atoms with van der Waals surface area (Å²) >= 11 is 0. The lowest BCUT2D eigenvalue weighted by Gasteiger charge is -2.31. The van der Waals surface area contributed by atoms with Crippen LogP contribution in [0.15, 0.2) is 4.79 Å². The summed E-state index contributed by atoms with van der Waals surface area (Å²) in [6.07, 6.45) is 0. The van der Waals surface area contributed by atoms with Gasteiger partial charge in [-0.15, -0.1) is 0 Å². The van der Waals surface area contributed by atoms with Crippen LogP contribution in [0.3, 0.4) is 0 Å². The first-order valence-corrected chi connectivity index (χ1v) is 6.81. The molecule has 1 heterocycles. The Labute approximate surface area is 119 Å². The van der Waals surface area contributed by atoms with E-state index in [0.717, 1.165) is 0 Å². The molecule has 1 N–H and O–H groups in total. The minimum absolute atomic E-state index is 0.0668. The maximum atomic E-state index is 12.2. The number of carboxylic acids is 1. The largest absolute Gasteiger partial charge is 0.481 e. The lowest BCUT2D eigenvalue weighted by molar-refractivity contribution is -0.138. The molecule has 5 heteroatoms. The third kappa shape index (κ3) is 2.92. The van der Waals surface area contributed by atoms with Gasteiger partial charge in [0, 0.05) is 23.0 Å². The van der Waals surface area contributed by atoms with E-state index in [4.69, 9.17) is 0 Å². The van der Waals surface area contributed by atoms with Crippen molar-refractivity contribution >= 4 is 5.97 Å². The average molecular weight is 280 g/mol. The van der Waals surface area contributed by atoms with Gasteiger partial charge in [-0.3, -0.25) is 9.36 Å². The van der Waals surface area contributed by atoms with E-state index in [0.29, 0.717) is 17.0 Å². The molecule has 0 aliphatic rings. The summed E-state index contributed by atoms with van der Waals surface area (Å²) in [5.41, 5.74) is 1.39. The first kappa shape index (κ1) is 16.4. The van der Waals surface area contributed by atoms with E-state index in [9.17, 15) is 14.7 Å². The van der Waals surface area contributed by atoms with Gasteiger partial charge in [0.1, 0.15) is 0 Å². The summed E-state index contributed by atoms with van der Waals surface area (Å²) < 4.78 is 1.61. The Kier molecular flexibility index (Phi) is 4.42. The number of hydrogen-bond donors (Lipinski definition) is 1. The summed E-state index contributed by atoms with van der Waals surface area (Å²) in [6, 6.07) is -0.0668. The molecule has 0 aliphatic heterocycles. The van der Waals surface area contributed by atoms with Gasteiger partial charge in [-0.05, 0) is 33.1 Å². The fraction of sp³-hybridized carbons (Fsp3) is 0.667. The number of rotatable bonds is 3. The van der Waals surface area contributed by atoms with Gasteiger partial charge in [0.05, 0.1) is 5.92 Å². The molecule has 112 valence electrons. The van der Waals surface area contributed by atoms with E-state index in [-0.39, 0.29) is 17.1 Å². The smallest absolute Gasteiger partial charge is 0.348 e. The molecule has 1 aromatic rings. The zero-order valence-corrected chi connectivity index (χ0v) is 13.3. The molecule has 0 spiro atoms. The topological polar surface area (TPSA) is 72.2 Å². The van der Waals surface area contributed by atoms with E-state index in [1.807, 2.05) is 27.7 Å². The SMILES string of the molecule is Cc1nc(=O)n(C(C)C(C)(C)C)c(C)c1C(C)C(=O)O. The first-order chi connectivity index (χ1) is 8.98. The summed E-state index contributed by atoms with van der Waals surface area (Å²) in [5.74, 6) is -1.59. The van der Waals surface area contributed by atoms with Crippen molar-refractivity contribution < 1.29 is 9.90 Å². The van der Waals surface area contributed by atoms with Crippen LogP contribution in [0.25, 0.3) is 0 Å². The average Bonchev–Trinajstić information content (AvgIpc) is 2.26. The number of aromatic nitrogens is 2. The van der Waals surface area contributed by atoms with Crippen LogP contribution >= 0.6 is 0 Å². The zero-order valence-electron chi connectivity index (χ0n) is 13.3. The van der Waals surface area contributed by atoms with E-state index >= 15 is 0 Å². The number of carboxylic acid groups (broad SMARTS) is 1. The predicted molar refractivity (Wildman–Crippen MR) is 78.2 cm³/mol. The van der Waals surface area contributed by atoms with Crippen molar-refractivity contribution in [2.24, 2.45) is 5.41 Å². The molecule has 0 aliphatic carbocycles. The van der Waals surface area contributed by atoms with Crippen LogP contribution in [0, 0.1) is 19.3 Å². The second kappa shape index (κ2) is 5.38. The van der Waals surface area contributed by atoms with Gasteiger partial charge in [0.25, 0.3) is 0 Å². The van der Waals surface area contributed by atoms with Gasteiger partial charge < -0.3 is 5.11 Å². The third-order valence-corrected chi connectivity index (χ3v) is 4.05. The fourth-order valence-corrected chi connectivity index (χ4v) is 2.39. The van der Waals surface area contributed by atoms with Crippen molar-refractivity contribution in [1.82, 2.24) is 9.55 Å². The third-order valence-electron chi connectivity index (χ3n) is 4.05. The van der Waals surface area contributed by atoms with Crippen molar-refractivity contribution in [3.8, 4) is 0 Å². The molecule has 0 bridgehead atoms. The molecule has 0 amide bonds. The highest BCUT2D eigenvalue weighted by Gasteiger charge is 2.28. The molecule has 0 saturated heterocycles. The van der Waals surface area contributed by atoms with Crippen LogP contribution in [0.5, 0.6) is 0 Å². The van der Waals surface area contributed by atoms with Crippen molar-refractivity contribution in [2.45, 2.75) is 60.4 Å². The van der Waals surface area contributed by atoms with Gasteiger partial charge >= 0.3 is 11.7 Å². The molecule has 5 nitrogen and oxygen atoms in total. The van der Waals surface area contributed by atoms with Gasteiger partial charge in [0.15, 0.2) is 0 Å². The Bertz CT molecular complexity index is 582. The monoisotopic (exact) mass is 280 g/mol. The molecule has 0 saturated carbocycles. The van der Waals surface area contributed by atoms with Crippen LogP contribution in [0.4, 0.5) is 0 Å². The van der Waals surface area contributed by atoms with Crippen LogP contribution in [-0.2, 0) is 4.79 Å². The van der Waals surface area contributed by atoms with Crippen molar-refractivity contribution in [3.05, 3.63) is 27.4 Å². The second-order valence-electron chi connectivity index (χ2n) is 6.45. The Morgan fingerprint density at radius 3 is 2.15 bits per heavy atom. The highest BCUT2D eigenvalue weighted by atomic mass is 16.4. The molecule has 1 rings (SSSR count). The summed E-state index contributed by atoms with van der Waals surface area (Å²) in [7, 11) is 0. The van der Waals surface area contributed by atoms with Crippen molar-refractivity contribution in [2.75, 3.05) is 0 Å². The second-order valence-corrected chi connectivity index (χ2v) is 6.45. The van der Waals surface area contributed by atoms with Crippen LogP contribution in [0.2, 0.25) is 0 Å². The fourth-order valence-electron chi connectivity index (χ4n) is 2.39. The van der Waals surface area contributed by atoms with Gasteiger partial charge in [0.2, 0.25) is 0 Å². The van der Waals surface area contributed by atoms with E-state index in [2.05, 4.69) is 4.98 Å². The summed E-state index contributed by atoms with van der Waals surface area (Å²) in [6.45, 7) is 13.2. The lowest BCUT2D eigenvalue weighted by Crippen LogP contribution is -2.36. The molecule has 0 aromatic carbocycles. The van der Waals surface area contributed by atoms with E-state index < -0.39 is 11.9 Å². The van der Waals surface area contributed by atoms with E-state index in [1.54, 1.807) is 25.3 Å². The molecule has 0 radical (unpaired) electrons. The maximum absolute atomic E-state index is 12.2. The predicted octanol–water partition coefficient (Wildman–Crippen LogP) is 2.66. The summed E-state index contributed by atoms with van der Waals surface area (Å²) in [4.78, 5) is 27.5. The minimum atomic E-state index is -0.911. The normalized spacial score (nSPS) is 14.9. The first-order valence-electron chi connectivity index (χ1n) is 6.81. The number of carbonyl (C=O) groups is 1. The van der Waals surface area contributed by atoms with Crippen LogP contribution in [-0.4, -0.2) is 20.6 Å². The molecule has 2 unspecified atom stereocenters. The highest BCUT2D eigenvalue weighted by molar-refractivity contribution is 5.76. The van der Waals surface area contributed by atoms with Gasteiger partial charge in [-0.2, -0.15) is 4.98 Å². The van der Waals surface area contributed by atoms with Crippen molar-refractivity contribution in [3.63, 3.8) is 0 Å². The molecular weight excluding hydrogens is 256 g/mol. The Balaban J connectivity index is 3.61. The van der Waals surface area contributed by atoms with Gasteiger partial charge in [-0.25, -0.2) is 4.79 Å². The summed E-state index contributed by atoms with van der Waals surface area (Å²) in [5, 5.41) is 9.23. The standard InChI is InChI=1S/C15H24N2O3/c1-8(13(18)19)12-9(2)16-14(20)17(10(12)3)11(4)15(5,6)7/h8,11H,1-7H3,(H,18,19). The zero-order chi connectivity index (χ0) is 15.8. The Morgan fingerprint density at radius 1 is 1.25 bits per heavy atom. The number of aryl methyl sites for hydroxylation is 1.